The summed E-state index contributed by atoms with van der Waals surface area (Å²) in [5.74, 6) is -0.643. The molecule has 0 unspecified atom stereocenters. The fourth-order valence-corrected chi connectivity index (χ4v) is 2.23. The Morgan fingerprint density at radius 1 is 1.32 bits per heavy atom. The van der Waals surface area contributed by atoms with E-state index >= 15 is 0 Å². The van der Waals surface area contributed by atoms with Crippen LogP contribution in [0.25, 0.3) is 22.8 Å². The number of anilines is 1. The fraction of sp³-hybridized carbons (Fsp3) is 0. The summed E-state index contributed by atoms with van der Waals surface area (Å²) in [6.45, 7) is 0. The molecular weight excluding hydrogens is 269 g/mol. The van der Waals surface area contributed by atoms with E-state index in [0.29, 0.717) is 16.1 Å². The number of benzene rings is 1. The molecule has 0 radical (unpaired) electrons. The van der Waals surface area contributed by atoms with Crippen LogP contribution in [0.1, 0.15) is 0 Å². The van der Waals surface area contributed by atoms with Gasteiger partial charge in [0.15, 0.2) is 11.6 Å². The van der Waals surface area contributed by atoms with Crippen LogP contribution in [-0.4, -0.2) is 15.2 Å². The Balaban J connectivity index is 2.01. The summed E-state index contributed by atoms with van der Waals surface area (Å²) in [5, 5.41) is 15.3. The van der Waals surface area contributed by atoms with Crippen molar-refractivity contribution in [2.75, 3.05) is 5.73 Å². The van der Waals surface area contributed by atoms with Gasteiger partial charge < -0.3 is 15.4 Å². The van der Waals surface area contributed by atoms with E-state index in [-0.39, 0.29) is 11.7 Å². The van der Waals surface area contributed by atoms with Gasteiger partial charge in [-0.05, 0) is 29.6 Å². The Kier molecular flexibility index (Phi) is 2.68. The van der Waals surface area contributed by atoms with Crippen molar-refractivity contribution in [3.05, 3.63) is 35.5 Å². The average molecular weight is 277 g/mol. The molecule has 96 valence electrons. The van der Waals surface area contributed by atoms with E-state index in [0.717, 1.165) is 6.07 Å². The second kappa shape index (κ2) is 4.36. The fourth-order valence-electron chi connectivity index (χ4n) is 1.59. The molecular formula is C12H8FN3O2S. The lowest BCUT2D eigenvalue weighted by Crippen LogP contribution is -1.85. The second-order valence-corrected chi connectivity index (χ2v) is 4.74. The molecule has 2 heterocycles. The van der Waals surface area contributed by atoms with E-state index in [1.165, 1.54) is 23.5 Å². The van der Waals surface area contributed by atoms with Crippen LogP contribution in [0.5, 0.6) is 5.75 Å². The highest BCUT2D eigenvalue weighted by Gasteiger charge is 2.14. The van der Waals surface area contributed by atoms with Gasteiger partial charge in [-0.25, -0.2) is 4.39 Å². The van der Waals surface area contributed by atoms with E-state index < -0.39 is 11.6 Å². The van der Waals surface area contributed by atoms with Crippen LogP contribution in [0.4, 0.5) is 9.39 Å². The quantitative estimate of drug-likeness (QED) is 0.752. The third-order valence-corrected chi connectivity index (χ3v) is 3.30. The average Bonchev–Trinajstić information content (AvgIpc) is 3.01. The minimum Gasteiger partial charge on any atom is -0.505 e. The molecule has 0 aliphatic heterocycles. The lowest BCUT2D eigenvalue weighted by Gasteiger charge is -1.96. The number of aromatic nitrogens is 2. The summed E-state index contributed by atoms with van der Waals surface area (Å²) < 4.78 is 18.3. The van der Waals surface area contributed by atoms with E-state index in [1.807, 2.05) is 5.38 Å². The molecule has 0 aliphatic carbocycles. The third-order valence-electron chi connectivity index (χ3n) is 2.56. The van der Waals surface area contributed by atoms with E-state index in [2.05, 4.69) is 10.1 Å². The van der Waals surface area contributed by atoms with Crippen molar-refractivity contribution in [3.8, 4) is 28.6 Å². The van der Waals surface area contributed by atoms with Gasteiger partial charge in [-0.15, -0.1) is 11.3 Å². The topological polar surface area (TPSA) is 85.2 Å². The molecule has 0 spiro atoms. The number of aromatic hydroxyl groups is 1. The predicted octanol–water partition coefficient (Wildman–Crippen LogP) is 2.89. The number of rotatable bonds is 2. The molecule has 0 saturated carbocycles. The van der Waals surface area contributed by atoms with E-state index in [9.17, 15) is 4.39 Å². The largest absolute Gasteiger partial charge is 0.505 e. The highest BCUT2D eigenvalue weighted by Crippen LogP contribution is 2.31. The van der Waals surface area contributed by atoms with Crippen LogP contribution in [0.2, 0.25) is 0 Å². The van der Waals surface area contributed by atoms with Gasteiger partial charge in [-0.2, -0.15) is 4.98 Å². The molecule has 0 bridgehead atoms. The molecule has 2 aromatic heterocycles. The maximum absolute atomic E-state index is 13.3. The number of nitrogens with zero attached hydrogens (tertiary/aromatic N) is 2. The molecule has 1 aromatic carbocycles. The Bertz CT molecular complexity index is 738. The first kappa shape index (κ1) is 11.7. The first-order valence-electron chi connectivity index (χ1n) is 5.31. The van der Waals surface area contributed by atoms with Gasteiger partial charge in [-0.1, -0.05) is 5.16 Å². The van der Waals surface area contributed by atoms with Crippen molar-refractivity contribution in [2.45, 2.75) is 0 Å². The van der Waals surface area contributed by atoms with E-state index in [1.54, 1.807) is 6.07 Å². The molecule has 0 fully saturated rings. The van der Waals surface area contributed by atoms with Gasteiger partial charge in [0.2, 0.25) is 5.82 Å². The molecule has 19 heavy (non-hydrogen) atoms. The number of hydrogen-bond donors (Lipinski definition) is 2. The molecule has 5 nitrogen and oxygen atoms in total. The molecule has 7 heteroatoms. The second-order valence-electron chi connectivity index (χ2n) is 3.79. The minimum absolute atomic E-state index is 0.236. The van der Waals surface area contributed by atoms with Crippen LogP contribution in [0, 0.1) is 5.82 Å². The number of thiophene rings is 1. The normalized spacial score (nSPS) is 10.8. The van der Waals surface area contributed by atoms with Gasteiger partial charge in [0.1, 0.15) is 0 Å². The Morgan fingerprint density at radius 2 is 2.16 bits per heavy atom. The van der Waals surface area contributed by atoms with Gasteiger partial charge in [0.05, 0.1) is 10.6 Å². The van der Waals surface area contributed by atoms with Gasteiger partial charge in [0, 0.05) is 5.56 Å². The molecule has 0 aliphatic rings. The molecule has 0 saturated heterocycles. The maximum atomic E-state index is 13.3. The predicted molar refractivity (Wildman–Crippen MR) is 69.1 cm³/mol. The highest BCUT2D eigenvalue weighted by molar-refractivity contribution is 7.14. The van der Waals surface area contributed by atoms with Crippen LogP contribution in [0.15, 0.2) is 34.2 Å². The first-order chi connectivity index (χ1) is 9.15. The summed E-state index contributed by atoms with van der Waals surface area (Å²) >= 11 is 1.37. The number of hydrogen-bond acceptors (Lipinski definition) is 6. The molecule has 3 rings (SSSR count). The SMILES string of the molecule is Nc1sccc1-c1nc(-c2ccc(O)c(F)c2)no1. The van der Waals surface area contributed by atoms with Gasteiger partial charge in [0.25, 0.3) is 5.89 Å². The molecule has 0 amide bonds. The summed E-state index contributed by atoms with van der Waals surface area (Å²) in [6.07, 6.45) is 0. The molecule has 3 aromatic rings. The Hall–Kier alpha value is -2.41. The Morgan fingerprint density at radius 3 is 2.84 bits per heavy atom. The van der Waals surface area contributed by atoms with Gasteiger partial charge >= 0.3 is 0 Å². The number of phenols is 1. The maximum Gasteiger partial charge on any atom is 0.261 e. The standard InChI is InChI=1S/C12H8FN3O2S/c13-8-5-6(1-2-9(8)17)11-15-12(18-16-11)7-3-4-19-10(7)14/h1-5,17H,14H2. The number of halogens is 1. The number of nitrogens with two attached hydrogens (primary N) is 1. The Labute approximate surface area is 111 Å². The zero-order valence-corrected chi connectivity index (χ0v) is 10.3. The van der Waals surface area contributed by atoms with Crippen molar-refractivity contribution in [1.82, 2.24) is 10.1 Å². The summed E-state index contributed by atoms with van der Waals surface area (Å²) in [6, 6.07) is 5.65. The smallest absolute Gasteiger partial charge is 0.261 e. The van der Waals surface area contributed by atoms with Crippen LogP contribution in [0.3, 0.4) is 0 Å². The van der Waals surface area contributed by atoms with E-state index in [4.69, 9.17) is 15.4 Å². The van der Waals surface area contributed by atoms with Crippen LogP contribution >= 0.6 is 11.3 Å². The van der Waals surface area contributed by atoms with Crippen LogP contribution in [-0.2, 0) is 0 Å². The lowest BCUT2D eigenvalue weighted by atomic mass is 10.2. The highest BCUT2D eigenvalue weighted by atomic mass is 32.1. The van der Waals surface area contributed by atoms with Gasteiger partial charge in [-0.3, -0.25) is 0 Å². The molecule has 3 N–H and O–H groups in total. The minimum atomic E-state index is -0.737. The van der Waals surface area contributed by atoms with Crippen molar-refractivity contribution in [1.29, 1.82) is 0 Å². The number of phenolic OH excluding ortho intramolecular Hbond substituents is 1. The first-order valence-corrected chi connectivity index (χ1v) is 6.19. The third kappa shape index (κ3) is 2.04. The monoisotopic (exact) mass is 277 g/mol. The summed E-state index contributed by atoms with van der Waals surface area (Å²) in [5.41, 5.74) is 6.83. The zero-order valence-electron chi connectivity index (χ0n) is 9.50. The number of nitrogen functional groups attached to an aromatic ring is 1. The van der Waals surface area contributed by atoms with Crippen molar-refractivity contribution in [3.63, 3.8) is 0 Å². The van der Waals surface area contributed by atoms with Crippen molar-refractivity contribution >= 4 is 16.3 Å². The zero-order chi connectivity index (χ0) is 13.4. The molecule has 0 atom stereocenters. The van der Waals surface area contributed by atoms with Crippen molar-refractivity contribution in [2.24, 2.45) is 0 Å². The summed E-state index contributed by atoms with van der Waals surface area (Å²) in [4.78, 5) is 4.16. The lowest BCUT2D eigenvalue weighted by molar-refractivity contribution is 0.430. The summed E-state index contributed by atoms with van der Waals surface area (Å²) in [7, 11) is 0. The van der Waals surface area contributed by atoms with Crippen LogP contribution < -0.4 is 5.73 Å². The van der Waals surface area contributed by atoms with Crippen molar-refractivity contribution < 1.29 is 14.0 Å².